The van der Waals surface area contributed by atoms with Crippen molar-refractivity contribution in [3.63, 3.8) is 0 Å². The third-order valence-electron chi connectivity index (χ3n) is 2.64. The number of hydrogen-bond donors (Lipinski definition) is 1. The second kappa shape index (κ2) is 4.64. The van der Waals surface area contributed by atoms with Crippen LogP contribution in [0.25, 0.3) is 11.3 Å². The number of aryl methyl sites for hydroxylation is 3. The van der Waals surface area contributed by atoms with E-state index < -0.39 is 5.97 Å². The van der Waals surface area contributed by atoms with Gasteiger partial charge in [-0.05, 0) is 32.9 Å². The molecule has 1 heterocycles. The summed E-state index contributed by atoms with van der Waals surface area (Å²) in [6, 6.07) is 6.11. The molecule has 0 bridgehead atoms. The normalized spacial score (nSPS) is 10.6. The standard InChI is InChI=1S/C14H15NO3/c1-8-4-9(2)6-11(5-8)14-10(3)18-12(15-14)7-13(16)17/h4-6H,7H2,1-3H3,(H,16,17). The van der Waals surface area contributed by atoms with Crippen molar-refractivity contribution < 1.29 is 14.3 Å². The molecule has 1 aromatic heterocycles. The molecule has 0 aliphatic carbocycles. The molecule has 2 rings (SSSR count). The SMILES string of the molecule is Cc1cc(C)cc(-c2nc(CC(=O)O)oc2C)c1. The zero-order chi connectivity index (χ0) is 13.3. The number of carboxylic acids is 1. The molecule has 0 aliphatic rings. The summed E-state index contributed by atoms with van der Waals surface area (Å²) in [5.74, 6) is -0.0476. The molecule has 0 aliphatic heterocycles. The van der Waals surface area contributed by atoms with Crippen molar-refractivity contribution in [1.29, 1.82) is 0 Å². The van der Waals surface area contributed by atoms with Gasteiger partial charge in [0, 0.05) is 5.56 Å². The summed E-state index contributed by atoms with van der Waals surface area (Å²) in [7, 11) is 0. The van der Waals surface area contributed by atoms with Crippen LogP contribution in [0.4, 0.5) is 0 Å². The van der Waals surface area contributed by atoms with Gasteiger partial charge >= 0.3 is 5.97 Å². The van der Waals surface area contributed by atoms with Crippen LogP contribution in [0.15, 0.2) is 22.6 Å². The van der Waals surface area contributed by atoms with Gasteiger partial charge in [-0.2, -0.15) is 0 Å². The molecule has 0 radical (unpaired) electrons. The fraction of sp³-hybridized carbons (Fsp3) is 0.286. The largest absolute Gasteiger partial charge is 0.481 e. The van der Waals surface area contributed by atoms with Crippen molar-refractivity contribution in [2.24, 2.45) is 0 Å². The van der Waals surface area contributed by atoms with Gasteiger partial charge in [0.1, 0.15) is 17.9 Å². The first-order chi connectivity index (χ1) is 8.45. The molecule has 2 aromatic rings. The lowest BCUT2D eigenvalue weighted by Gasteiger charge is -2.02. The van der Waals surface area contributed by atoms with Crippen LogP contribution < -0.4 is 0 Å². The van der Waals surface area contributed by atoms with Crippen molar-refractivity contribution in [1.82, 2.24) is 4.98 Å². The molecule has 0 spiro atoms. The third kappa shape index (κ3) is 2.59. The maximum Gasteiger partial charge on any atom is 0.312 e. The fourth-order valence-corrected chi connectivity index (χ4v) is 2.04. The molecule has 1 N–H and O–H groups in total. The number of hydrogen-bond acceptors (Lipinski definition) is 3. The topological polar surface area (TPSA) is 63.3 Å². The van der Waals surface area contributed by atoms with Crippen LogP contribution in [0.3, 0.4) is 0 Å². The average Bonchev–Trinajstić information content (AvgIpc) is 2.56. The fourth-order valence-electron chi connectivity index (χ4n) is 2.04. The Balaban J connectivity index is 2.44. The van der Waals surface area contributed by atoms with E-state index in [9.17, 15) is 4.79 Å². The number of nitrogens with zero attached hydrogens (tertiary/aromatic N) is 1. The second-order valence-corrected chi connectivity index (χ2v) is 4.46. The van der Waals surface area contributed by atoms with Gasteiger partial charge in [-0.1, -0.05) is 17.2 Å². The van der Waals surface area contributed by atoms with Crippen LogP contribution in [0.2, 0.25) is 0 Å². The average molecular weight is 245 g/mol. The Labute approximate surface area is 105 Å². The molecule has 0 amide bonds. The zero-order valence-corrected chi connectivity index (χ0v) is 10.7. The van der Waals surface area contributed by atoms with Crippen LogP contribution in [0, 0.1) is 20.8 Å². The first-order valence-electron chi connectivity index (χ1n) is 5.72. The molecule has 4 nitrogen and oxygen atoms in total. The number of oxazole rings is 1. The summed E-state index contributed by atoms with van der Waals surface area (Å²) in [5.41, 5.74) is 3.97. The first-order valence-corrected chi connectivity index (χ1v) is 5.72. The minimum absolute atomic E-state index is 0.189. The predicted octanol–water partition coefficient (Wildman–Crippen LogP) is 2.89. The van der Waals surface area contributed by atoms with E-state index >= 15 is 0 Å². The van der Waals surface area contributed by atoms with E-state index in [0.717, 1.165) is 22.4 Å². The molecular formula is C14H15NO3. The molecule has 4 heteroatoms. The number of aliphatic carboxylic acids is 1. The highest BCUT2D eigenvalue weighted by Gasteiger charge is 2.14. The number of carbonyl (C=O) groups is 1. The van der Waals surface area contributed by atoms with E-state index in [1.54, 1.807) is 6.92 Å². The van der Waals surface area contributed by atoms with Gasteiger partial charge in [0.2, 0.25) is 5.89 Å². The van der Waals surface area contributed by atoms with Crippen LogP contribution >= 0.6 is 0 Å². The molecule has 0 fully saturated rings. The Morgan fingerprint density at radius 1 is 1.22 bits per heavy atom. The van der Waals surface area contributed by atoms with E-state index in [1.807, 2.05) is 26.0 Å². The van der Waals surface area contributed by atoms with E-state index in [0.29, 0.717) is 5.76 Å². The molecule has 0 saturated heterocycles. The Morgan fingerprint density at radius 3 is 2.39 bits per heavy atom. The van der Waals surface area contributed by atoms with Crippen LogP contribution in [0.5, 0.6) is 0 Å². The molecule has 18 heavy (non-hydrogen) atoms. The highest BCUT2D eigenvalue weighted by molar-refractivity contribution is 5.69. The predicted molar refractivity (Wildman–Crippen MR) is 67.5 cm³/mol. The van der Waals surface area contributed by atoms with Gasteiger partial charge in [0.25, 0.3) is 0 Å². The minimum atomic E-state index is -0.941. The number of carboxylic acid groups (broad SMARTS) is 1. The van der Waals surface area contributed by atoms with E-state index in [1.165, 1.54) is 0 Å². The molecular weight excluding hydrogens is 230 g/mol. The quantitative estimate of drug-likeness (QED) is 0.903. The lowest BCUT2D eigenvalue weighted by Crippen LogP contribution is -1.99. The van der Waals surface area contributed by atoms with Gasteiger partial charge in [-0.15, -0.1) is 0 Å². The number of aromatic nitrogens is 1. The Morgan fingerprint density at radius 2 is 1.83 bits per heavy atom. The molecule has 0 saturated carbocycles. The van der Waals surface area contributed by atoms with Crippen molar-refractivity contribution in [2.45, 2.75) is 27.2 Å². The molecule has 0 unspecified atom stereocenters. The first kappa shape index (κ1) is 12.4. The number of rotatable bonds is 3. The Bertz CT molecular complexity index is 579. The summed E-state index contributed by atoms with van der Waals surface area (Å²) in [4.78, 5) is 14.9. The molecule has 1 aromatic carbocycles. The van der Waals surface area contributed by atoms with Crippen molar-refractivity contribution in [2.75, 3.05) is 0 Å². The van der Waals surface area contributed by atoms with Crippen molar-refractivity contribution in [3.8, 4) is 11.3 Å². The van der Waals surface area contributed by atoms with Crippen molar-refractivity contribution >= 4 is 5.97 Å². The summed E-state index contributed by atoms with van der Waals surface area (Å²) in [6.45, 7) is 5.83. The Hall–Kier alpha value is -2.10. The monoisotopic (exact) mass is 245 g/mol. The van der Waals surface area contributed by atoms with Gasteiger partial charge in [0.15, 0.2) is 0 Å². The maximum absolute atomic E-state index is 10.6. The maximum atomic E-state index is 10.6. The molecule has 0 atom stereocenters. The van der Waals surface area contributed by atoms with E-state index in [-0.39, 0.29) is 12.3 Å². The van der Waals surface area contributed by atoms with Crippen molar-refractivity contribution in [3.05, 3.63) is 41.0 Å². The van der Waals surface area contributed by atoms with Crippen LogP contribution in [-0.2, 0) is 11.2 Å². The highest BCUT2D eigenvalue weighted by Crippen LogP contribution is 2.25. The van der Waals surface area contributed by atoms with Crippen LogP contribution in [0.1, 0.15) is 22.8 Å². The summed E-state index contributed by atoms with van der Waals surface area (Å²) in [6.07, 6.45) is -0.189. The third-order valence-corrected chi connectivity index (χ3v) is 2.64. The summed E-state index contributed by atoms with van der Waals surface area (Å²) < 4.78 is 5.37. The molecule has 94 valence electrons. The zero-order valence-electron chi connectivity index (χ0n) is 10.7. The lowest BCUT2D eigenvalue weighted by atomic mass is 10.0. The van der Waals surface area contributed by atoms with E-state index in [2.05, 4.69) is 11.1 Å². The smallest absolute Gasteiger partial charge is 0.312 e. The minimum Gasteiger partial charge on any atom is -0.481 e. The Kier molecular flexibility index (Phi) is 3.19. The van der Waals surface area contributed by atoms with Gasteiger partial charge < -0.3 is 9.52 Å². The number of benzene rings is 1. The summed E-state index contributed by atoms with van der Waals surface area (Å²) in [5, 5.41) is 8.73. The van der Waals surface area contributed by atoms with Gasteiger partial charge in [-0.25, -0.2) is 4.98 Å². The highest BCUT2D eigenvalue weighted by atomic mass is 16.4. The van der Waals surface area contributed by atoms with Gasteiger partial charge in [0.05, 0.1) is 0 Å². The summed E-state index contributed by atoms with van der Waals surface area (Å²) >= 11 is 0. The second-order valence-electron chi connectivity index (χ2n) is 4.46. The lowest BCUT2D eigenvalue weighted by molar-refractivity contribution is -0.136. The van der Waals surface area contributed by atoms with Gasteiger partial charge in [-0.3, -0.25) is 4.79 Å². The van der Waals surface area contributed by atoms with E-state index in [4.69, 9.17) is 9.52 Å². The van der Waals surface area contributed by atoms with Crippen LogP contribution in [-0.4, -0.2) is 16.1 Å².